The molecule has 0 aromatic carbocycles. The summed E-state index contributed by atoms with van der Waals surface area (Å²) in [6.07, 6.45) is 2.56. The molecule has 1 aromatic rings. The summed E-state index contributed by atoms with van der Waals surface area (Å²) in [5.41, 5.74) is 0. The van der Waals surface area contributed by atoms with Gasteiger partial charge in [-0.1, -0.05) is 13.8 Å². The van der Waals surface area contributed by atoms with E-state index in [1.54, 1.807) is 0 Å². The van der Waals surface area contributed by atoms with Crippen LogP contribution in [0.3, 0.4) is 0 Å². The summed E-state index contributed by atoms with van der Waals surface area (Å²) in [4.78, 5) is 1.41. The first-order valence-corrected chi connectivity index (χ1v) is 7.66. The monoisotopic (exact) mass is 303 g/mol. The predicted molar refractivity (Wildman–Crippen MR) is 77.1 cm³/mol. The van der Waals surface area contributed by atoms with Gasteiger partial charge in [0, 0.05) is 26.8 Å². The first-order chi connectivity index (χ1) is 7.49. The molecule has 0 aliphatic carbocycles. The molecule has 0 saturated carbocycles. The van der Waals surface area contributed by atoms with Gasteiger partial charge in [0.15, 0.2) is 0 Å². The SMILES string of the molecule is CC(C)CCC(C)NC(C)c1cc(Br)cs1. The van der Waals surface area contributed by atoms with Gasteiger partial charge in [-0.05, 0) is 54.6 Å². The number of hydrogen-bond donors (Lipinski definition) is 1. The summed E-state index contributed by atoms with van der Waals surface area (Å²) in [7, 11) is 0. The average Bonchev–Trinajstić information content (AvgIpc) is 2.62. The Labute approximate surface area is 112 Å². The lowest BCUT2D eigenvalue weighted by Crippen LogP contribution is -2.28. The first kappa shape index (κ1) is 14.2. The molecule has 0 bridgehead atoms. The van der Waals surface area contributed by atoms with E-state index in [1.165, 1.54) is 22.2 Å². The van der Waals surface area contributed by atoms with Crippen molar-refractivity contribution >= 4 is 27.3 Å². The van der Waals surface area contributed by atoms with Gasteiger partial charge in [0.25, 0.3) is 0 Å². The van der Waals surface area contributed by atoms with E-state index in [4.69, 9.17) is 0 Å². The second kappa shape index (κ2) is 6.77. The molecule has 1 nitrogen and oxygen atoms in total. The minimum atomic E-state index is 0.457. The van der Waals surface area contributed by atoms with Crippen molar-refractivity contribution in [1.82, 2.24) is 5.32 Å². The topological polar surface area (TPSA) is 12.0 Å². The Hall–Kier alpha value is 0.140. The highest BCUT2D eigenvalue weighted by atomic mass is 79.9. The smallest absolute Gasteiger partial charge is 0.0388 e. The van der Waals surface area contributed by atoms with E-state index in [0.717, 1.165) is 5.92 Å². The molecule has 0 fully saturated rings. The molecule has 2 atom stereocenters. The van der Waals surface area contributed by atoms with Gasteiger partial charge in [-0.3, -0.25) is 0 Å². The zero-order valence-corrected chi connectivity index (χ0v) is 13.0. The highest BCUT2D eigenvalue weighted by Crippen LogP contribution is 2.25. The van der Waals surface area contributed by atoms with Gasteiger partial charge >= 0.3 is 0 Å². The first-order valence-electron chi connectivity index (χ1n) is 5.99. The summed E-state index contributed by atoms with van der Waals surface area (Å²) in [5.74, 6) is 0.801. The Balaban J connectivity index is 2.36. The number of halogens is 1. The maximum atomic E-state index is 3.65. The second-order valence-electron chi connectivity index (χ2n) is 4.93. The second-order valence-corrected chi connectivity index (χ2v) is 6.79. The summed E-state index contributed by atoms with van der Waals surface area (Å²) in [5, 5.41) is 5.80. The molecule has 0 radical (unpaired) electrons. The van der Waals surface area contributed by atoms with Crippen molar-refractivity contribution in [2.24, 2.45) is 5.92 Å². The Morgan fingerprint density at radius 3 is 2.44 bits per heavy atom. The summed E-state index contributed by atoms with van der Waals surface area (Å²) in [6.45, 7) is 9.09. The van der Waals surface area contributed by atoms with E-state index >= 15 is 0 Å². The number of hydrogen-bond acceptors (Lipinski definition) is 2. The van der Waals surface area contributed by atoms with Gasteiger partial charge in [-0.25, -0.2) is 0 Å². The number of nitrogens with one attached hydrogen (secondary N) is 1. The van der Waals surface area contributed by atoms with Crippen LogP contribution in [-0.2, 0) is 0 Å². The maximum Gasteiger partial charge on any atom is 0.0388 e. The zero-order valence-electron chi connectivity index (χ0n) is 10.6. The molecule has 2 unspecified atom stereocenters. The van der Waals surface area contributed by atoms with Crippen molar-refractivity contribution in [3.63, 3.8) is 0 Å². The molecule has 0 aliphatic heterocycles. The standard InChI is InChI=1S/C13H22BrNS/c1-9(2)5-6-10(3)15-11(4)13-7-12(14)8-16-13/h7-11,15H,5-6H2,1-4H3. The fourth-order valence-electron chi connectivity index (χ4n) is 1.73. The van der Waals surface area contributed by atoms with Crippen LogP contribution in [-0.4, -0.2) is 6.04 Å². The van der Waals surface area contributed by atoms with Crippen LogP contribution < -0.4 is 5.32 Å². The largest absolute Gasteiger partial charge is 0.307 e. The zero-order chi connectivity index (χ0) is 12.1. The molecule has 92 valence electrons. The van der Waals surface area contributed by atoms with E-state index in [9.17, 15) is 0 Å². The summed E-state index contributed by atoms with van der Waals surface area (Å²) in [6, 6.07) is 3.26. The molecule has 1 rings (SSSR count). The van der Waals surface area contributed by atoms with Crippen molar-refractivity contribution in [1.29, 1.82) is 0 Å². The minimum absolute atomic E-state index is 0.457. The van der Waals surface area contributed by atoms with Crippen LogP contribution in [0.15, 0.2) is 15.9 Å². The Morgan fingerprint density at radius 2 is 1.94 bits per heavy atom. The fourth-order valence-corrected chi connectivity index (χ4v) is 3.19. The third kappa shape index (κ3) is 4.98. The maximum absolute atomic E-state index is 3.65. The normalized spacial score (nSPS) is 15.4. The average molecular weight is 304 g/mol. The third-order valence-electron chi connectivity index (χ3n) is 2.73. The number of rotatable bonds is 6. The molecule has 1 N–H and O–H groups in total. The Morgan fingerprint density at radius 1 is 1.25 bits per heavy atom. The van der Waals surface area contributed by atoms with Gasteiger partial charge in [-0.15, -0.1) is 11.3 Å². The summed E-state index contributed by atoms with van der Waals surface area (Å²) >= 11 is 5.31. The van der Waals surface area contributed by atoms with Gasteiger partial charge in [-0.2, -0.15) is 0 Å². The minimum Gasteiger partial charge on any atom is -0.307 e. The van der Waals surface area contributed by atoms with E-state index in [1.807, 2.05) is 11.3 Å². The van der Waals surface area contributed by atoms with Crippen molar-refractivity contribution in [3.8, 4) is 0 Å². The van der Waals surface area contributed by atoms with Crippen LogP contribution in [0, 0.1) is 5.92 Å². The number of thiophene rings is 1. The lowest BCUT2D eigenvalue weighted by Gasteiger charge is -2.19. The van der Waals surface area contributed by atoms with Crippen LogP contribution in [0.4, 0.5) is 0 Å². The molecule has 0 aliphatic rings. The van der Waals surface area contributed by atoms with Crippen molar-refractivity contribution in [2.75, 3.05) is 0 Å². The molecule has 1 aromatic heterocycles. The van der Waals surface area contributed by atoms with Crippen LogP contribution in [0.25, 0.3) is 0 Å². The van der Waals surface area contributed by atoms with E-state index in [-0.39, 0.29) is 0 Å². The lowest BCUT2D eigenvalue weighted by molar-refractivity contribution is 0.419. The quantitative estimate of drug-likeness (QED) is 0.781. The van der Waals surface area contributed by atoms with Crippen LogP contribution in [0.1, 0.15) is 51.5 Å². The highest BCUT2D eigenvalue weighted by molar-refractivity contribution is 9.10. The van der Waals surface area contributed by atoms with Crippen molar-refractivity contribution in [2.45, 2.75) is 52.6 Å². The van der Waals surface area contributed by atoms with E-state index < -0.39 is 0 Å². The molecule has 0 spiro atoms. The van der Waals surface area contributed by atoms with E-state index in [2.05, 4.69) is 60.4 Å². The van der Waals surface area contributed by atoms with Gasteiger partial charge in [0.05, 0.1) is 0 Å². The summed E-state index contributed by atoms with van der Waals surface area (Å²) < 4.78 is 1.19. The molecule has 0 saturated heterocycles. The molecule has 0 amide bonds. The molecule has 3 heteroatoms. The fraction of sp³-hybridized carbons (Fsp3) is 0.692. The predicted octanol–water partition coefficient (Wildman–Crippen LogP) is 4.99. The van der Waals surface area contributed by atoms with Crippen LogP contribution in [0.5, 0.6) is 0 Å². The van der Waals surface area contributed by atoms with E-state index in [0.29, 0.717) is 12.1 Å². The third-order valence-corrected chi connectivity index (χ3v) is 4.60. The molecule has 1 heterocycles. The van der Waals surface area contributed by atoms with Crippen molar-refractivity contribution < 1.29 is 0 Å². The lowest BCUT2D eigenvalue weighted by atomic mass is 10.0. The van der Waals surface area contributed by atoms with Crippen molar-refractivity contribution in [3.05, 3.63) is 20.8 Å². The highest BCUT2D eigenvalue weighted by Gasteiger charge is 2.11. The van der Waals surface area contributed by atoms with Crippen LogP contribution in [0.2, 0.25) is 0 Å². The Kier molecular flexibility index (Phi) is 6.01. The van der Waals surface area contributed by atoms with Gasteiger partial charge in [0.2, 0.25) is 0 Å². The molecular weight excluding hydrogens is 282 g/mol. The molecular formula is C13H22BrNS. The van der Waals surface area contributed by atoms with Gasteiger partial charge in [0.1, 0.15) is 0 Å². The van der Waals surface area contributed by atoms with Crippen LogP contribution >= 0.6 is 27.3 Å². The molecule has 16 heavy (non-hydrogen) atoms. The van der Waals surface area contributed by atoms with Gasteiger partial charge < -0.3 is 5.32 Å². The Bertz CT molecular complexity index is 309.